The van der Waals surface area contributed by atoms with Crippen molar-refractivity contribution < 1.29 is 9.90 Å². The van der Waals surface area contributed by atoms with Gasteiger partial charge in [-0.15, -0.1) is 0 Å². The molecular weight excluding hydrogens is 322 g/mol. The van der Waals surface area contributed by atoms with Gasteiger partial charge in [-0.3, -0.25) is 5.32 Å². The van der Waals surface area contributed by atoms with Crippen LogP contribution in [-0.2, 0) is 0 Å². The third kappa shape index (κ3) is 3.70. The van der Waals surface area contributed by atoms with Crippen LogP contribution in [0.1, 0.15) is 31.4 Å². The number of aromatic nitrogens is 1. The number of nitrogens with one attached hydrogen (secondary N) is 1. The minimum absolute atomic E-state index is 0.250. The van der Waals surface area contributed by atoms with E-state index in [1.54, 1.807) is 13.1 Å². The number of halogens is 1. The smallest absolute Gasteiger partial charge is 0.322 e. The SMILES string of the molecule is Cc1nc(NC(=O)N(C)CC2(O)CCCC2)ccc1Br. The van der Waals surface area contributed by atoms with Gasteiger partial charge in [-0.25, -0.2) is 9.78 Å². The van der Waals surface area contributed by atoms with Crippen molar-refractivity contribution >= 4 is 27.8 Å². The van der Waals surface area contributed by atoms with E-state index in [1.165, 1.54) is 4.90 Å². The zero-order valence-corrected chi connectivity index (χ0v) is 13.4. The second-order valence-corrected chi connectivity index (χ2v) is 6.34. The van der Waals surface area contributed by atoms with E-state index in [9.17, 15) is 9.90 Å². The quantitative estimate of drug-likeness (QED) is 0.888. The summed E-state index contributed by atoms with van der Waals surface area (Å²) in [6.45, 7) is 2.22. The molecule has 2 amide bonds. The average molecular weight is 342 g/mol. The minimum Gasteiger partial charge on any atom is -0.388 e. The molecule has 20 heavy (non-hydrogen) atoms. The van der Waals surface area contributed by atoms with E-state index >= 15 is 0 Å². The monoisotopic (exact) mass is 341 g/mol. The van der Waals surface area contributed by atoms with Gasteiger partial charge in [0.05, 0.1) is 17.8 Å². The Bertz CT molecular complexity index is 501. The van der Waals surface area contributed by atoms with Crippen molar-refractivity contribution in [1.82, 2.24) is 9.88 Å². The first-order chi connectivity index (χ1) is 9.39. The number of carbonyl (C=O) groups is 1. The average Bonchev–Trinajstić information content (AvgIpc) is 2.80. The van der Waals surface area contributed by atoms with Gasteiger partial charge in [-0.1, -0.05) is 12.8 Å². The molecule has 0 saturated heterocycles. The van der Waals surface area contributed by atoms with E-state index in [2.05, 4.69) is 26.2 Å². The Labute approximate surface area is 127 Å². The Morgan fingerprint density at radius 3 is 2.75 bits per heavy atom. The number of hydrogen-bond acceptors (Lipinski definition) is 3. The van der Waals surface area contributed by atoms with Gasteiger partial charge >= 0.3 is 6.03 Å². The number of anilines is 1. The van der Waals surface area contributed by atoms with E-state index in [4.69, 9.17) is 0 Å². The molecule has 1 aliphatic rings. The van der Waals surface area contributed by atoms with Gasteiger partial charge in [-0.05, 0) is 47.8 Å². The highest BCUT2D eigenvalue weighted by Crippen LogP contribution is 2.30. The first-order valence-corrected chi connectivity index (χ1v) is 7.57. The predicted octanol–water partition coefficient (Wildman–Crippen LogP) is 2.92. The van der Waals surface area contributed by atoms with Gasteiger partial charge in [0, 0.05) is 11.5 Å². The Kier molecular flexibility index (Phi) is 4.65. The summed E-state index contributed by atoms with van der Waals surface area (Å²) in [4.78, 5) is 17.9. The second kappa shape index (κ2) is 6.10. The molecule has 0 bridgehead atoms. The van der Waals surface area contributed by atoms with Crippen LogP contribution < -0.4 is 5.32 Å². The summed E-state index contributed by atoms with van der Waals surface area (Å²) in [5, 5.41) is 13.1. The van der Waals surface area contributed by atoms with Gasteiger partial charge in [0.1, 0.15) is 5.82 Å². The van der Waals surface area contributed by atoms with Crippen LogP contribution in [0.5, 0.6) is 0 Å². The molecule has 1 aliphatic carbocycles. The van der Waals surface area contributed by atoms with Crippen LogP contribution in [-0.4, -0.2) is 40.2 Å². The summed E-state index contributed by atoms with van der Waals surface area (Å²) in [7, 11) is 1.69. The maximum atomic E-state index is 12.1. The molecule has 0 atom stereocenters. The first-order valence-electron chi connectivity index (χ1n) is 6.77. The first kappa shape index (κ1) is 15.3. The molecule has 0 aliphatic heterocycles. The van der Waals surface area contributed by atoms with E-state index in [1.807, 2.05) is 13.0 Å². The normalized spacial score (nSPS) is 17.0. The fraction of sp³-hybridized carbons (Fsp3) is 0.571. The number of carbonyl (C=O) groups excluding carboxylic acids is 1. The van der Waals surface area contributed by atoms with Crippen LogP contribution >= 0.6 is 15.9 Å². The van der Waals surface area contributed by atoms with Crippen molar-refractivity contribution in [2.45, 2.75) is 38.2 Å². The summed E-state index contributed by atoms with van der Waals surface area (Å²) >= 11 is 3.37. The van der Waals surface area contributed by atoms with E-state index in [0.29, 0.717) is 12.4 Å². The summed E-state index contributed by atoms with van der Waals surface area (Å²) in [6, 6.07) is 3.34. The lowest BCUT2D eigenvalue weighted by Gasteiger charge is -2.28. The molecule has 2 rings (SSSR count). The molecule has 1 fully saturated rings. The lowest BCUT2D eigenvalue weighted by Crippen LogP contribution is -2.43. The Hall–Kier alpha value is -1.14. The van der Waals surface area contributed by atoms with Crippen molar-refractivity contribution in [3.8, 4) is 0 Å². The van der Waals surface area contributed by atoms with Crippen molar-refractivity contribution in [3.05, 3.63) is 22.3 Å². The lowest BCUT2D eigenvalue weighted by molar-refractivity contribution is 0.0261. The number of hydrogen-bond donors (Lipinski definition) is 2. The molecule has 6 heteroatoms. The van der Waals surface area contributed by atoms with Crippen LogP contribution in [0.2, 0.25) is 0 Å². The molecule has 110 valence electrons. The molecule has 2 N–H and O–H groups in total. The van der Waals surface area contributed by atoms with E-state index < -0.39 is 5.60 Å². The predicted molar refractivity (Wildman–Crippen MR) is 81.7 cm³/mol. The van der Waals surface area contributed by atoms with Gasteiger partial charge in [0.2, 0.25) is 0 Å². The highest BCUT2D eigenvalue weighted by Gasteiger charge is 2.33. The van der Waals surface area contributed by atoms with Gasteiger partial charge in [0.25, 0.3) is 0 Å². The van der Waals surface area contributed by atoms with Crippen molar-refractivity contribution in [2.75, 3.05) is 18.9 Å². The second-order valence-electron chi connectivity index (χ2n) is 5.48. The summed E-state index contributed by atoms with van der Waals surface area (Å²) in [5.41, 5.74) is 0.0923. The number of rotatable bonds is 3. The standard InChI is InChI=1S/C14H20BrN3O2/c1-10-11(15)5-6-12(16-10)17-13(19)18(2)9-14(20)7-3-4-8-14/h5-6,20H,3-4,7-9H2,1-2H3,(H,16,17,19). The molecule has 1 heterocycles. The van der Waals surface area contributed by atoms with Crippen LogP contribution in [0, 0.1) is 6.92 Å². The molecule has 0 radical (unpaired) electrons. The number of nitrogens with zero attached hydrogens (tertiary/aromatic N) is 2. The topological polar surface area (TPSA) is 65.5 Å². The molecule has 5 nitrogen and oxygen atoms in total. The van der Waals surface area contributed by atoms with Crippen LogP contribution in [0.4, 0.5) is 10.6 Å². The van der Waals surface area contributed by atoms with Gasteiger partial charge in [0.15, 0.2) is 0 Å². The summed E-state index contributed by atoms with van der Waals surface area (Å²) in [5.74, 6) is 0.515. The Balaban J connectivity index is 1.95. The summed E-state index contributed by atoms with van der Waals surface area (Å²) in [6.07, 6.45) is 3.58. The number of pyridine rings is 1. The zero-order valence-electron chi connectivity index (χ0n) is 11.8. The zero-order chi connectivity index (χ0) is 14.8. The molecule has 0 spiro atoms. The molecule has 0 unspecified atom stereocenters. The largest absolute Gasteiger partial charge is 0.388 e. The van der Waals surface area contributed by atoms with Gasteiger partial charge < -0.3 is 10.0 Å². The van der Waals surface area contributed by atoms with Crippen molar-refractivity contribution in [2.24, 2.45) is 0 Å². The maximum absolute atomic E-state index is 12.1. The Morgan fingerprint density at radius 1 is 1.50 bits per heavy atom. The number of likely N-dealkylation sites (N-methyl/N-ethyl adjacent to an activating group) is 1. The number of amides is 2. The van der Waals surface area contributed by atoms with E-state index in [0.717, 1.165) is 35.8 Å². The van der Waals surface area contributed by atoms with E-state index in [-0.39, 0.29) is 6.03 Å². The van der Waals surface area contributed by atoms with Gasteiger partial charge in [-0.2, -0.15) is 0 Å². The molecule has 0 aromatic carbocycles. The molecule has 1 aromatic heterocycles. The number of aryl methyl sites for hydroxylation is 1. The fourth-order valence-corrected chi connectivity index (χ4v) is 2.74. The minimum atomic E-state index is -0.727. The van der Waals surface area contributed by atoms with Crippen LogP contribution in [0.15, 0.2) is 16.6 Å². The third-order valence-electron chi connectivity index (χ3n) is 3.67. The number of urea groups is 1. The fourth-order valence-electron chi connectivity index (χ4n) is 2.52. The lowest BCUT2D eigenvalue weighted by atomic mass is 10.0. The van der Waals surface area contributed by atoms with Crippen molar-refractivity contribution in [3.63, 3.8) is 0 Å². The maximum Gasteiger partial charge on any atom is 0.322 e. The molecule has 1 aromatic rings. The summed E-state index contributed by atoms with van der Waals surface area (Å²) < 4.78 is 0.907. The van der Waals surface area contributed by atoms with Crippen LogP contribution in [0.3, 0.4) is 0 Å². The number of aliphatic hydroxyl groups is 1. The Morgan fingerprint density at radius 2 is 2.15 bits per heavy atom. The third-order valence-corrected chi connectivity index (χ3v) is 4.51. The molecule has 1 saturated carbocycles. The molecular formula is C14H20BrN3O2. The highest BCUT2D eigenvalue weighted by molar-refractivity contribution is 9.10. The van der Waals surface area contributed by atoms with Crippen molar-refractivity contribution in [1.29, 1.82) is 0 Å². The highest BCUT2D eigenvalue weighted by atomic mass is 79.9. The van der Waals surface area contributed by atoms with Crippen LogP contribution in [0.25, 0.3) is 0 Å².